The highest BCUT2D eigenvalue weighted by atomic mass is 35.5. The van der Waals surface area contributed by atoms with Crippen LogP contribution in [0.1, 0.15) is 46.5 Å². The molecule has 1 saturated carbocycles. The molecule has 1 aliphatic carbocycles. The maximum absolute atomic E-state index is 13.6. The highest BCUT2D eigenvalue weighted by Gasteiger charge is 2.37. The van der Waals surface area contributed by atoms with Gasteiger partial charge >= 0.3 is 6.09 Å². The molecule has 2 atom stereocenters. The number of piperazine rings is 1. The number of anilines is 1. The van der Waals surface area contributed by atoms with Gasteiger partial charge in [-0.3, -0.25) is 4.90 Å². The first-order chi connectivity index (χ1) is 22.3. The first-order valence-electron chi connectivity index (χ1n) is 15.9. The summed E-state index contributed by atoms with van der Waals surface area (Å²) in [7, 11) is -3.88. The molecule has 0 bridgehead atoms. The van der Waals surface area contributed by atoms with Crippen molar-refractivity contribution in [3.05, 3.63) is 72.0 Å². The zero-order chi connectivity index (χ0) is 33.4. The lowest BCUT2D eigenvalue weighted by molar-refractivity contribution is -0.0404. The molecule has 0 spiro atoms. The van der Waals surface area contributed by atoms with Crippen molar-refractivity contribution in [1.82, 2.24) is 23.7 Å². The molecule has 6 rings (SSSR count). The van der Waals surface area contributed by atoms with Crippen molar-refractivity contribution in [2.24, 2.45) is 0 Å². The summed E-state index contributed by atoms with van der Waals surface area (Å²) in [5, 5.41) is 16.1. The fourth-order valence-corrected chi connectivity index (χ4v) is 8.07. The van der Waals surface area contributed by atoms with Crippen LogP contribution in [0.25, 0.3) is 22.2 Å². The Bertz CT molecular complexity index is 1850. The Balaban J connectivity index is 1.17. The molecule has 3 heterocycles. The molecule has 2 aromatic carbocycles. The van der Waals surface area contributed by atoms with Crippen molar-refractivity contribution in [2.45, 2.75) is 68.6 Å². The summed E-state index contributed by atoms with van der Waals surface area (Å²) in [5.41, 5.74) is 0.0555. The normalized spacial score (nSPS) is 21.1. The molecule has 2 fully saturated rings. The van der Waals surface area contributed by atoms with Gasteiger partial charge in [0.15, 0.2) is 0 Å². The van der Waals surface area contributed by atoms with Gasteiger partial charge in [-0.05, 0) is 64.7 Å². The third kappa shape index (κ3) is 7.40. The zero-order valence-corrected chi connectivity index (χ0v) is 28.5. The SMILES string of the molecule is CC(C)(C)OC(=O)N1CCN(CC2(O)CCC[C@@H](Nc3ncc(Cl)c(-c4cn(S(=O)(=O)c5ccccc5)c5ccccc45)n3)C2)CC1. The fourth-order valence-electron chi connectivity index (χ4n) is 6.49. The first-order valence-corrected chi connectivity index (χ1v) is 17.8. The largest absolute Gasteiger partial charge is 0.444 e. The van der Waals surface area contributed by atoms with Gasteiger partial charge in [-0.25, -0.2) is 27.2 Å². The van der Waals surface area contributed by atoms with Gasteiger partial charge in [0.2, 0.25) is 5.95 Å². The molecule has 2 aromatic heterocycles. The van der Waals surface area contributed by atoms with Crippen molar-refractivity contribution < 1.29 is 23.1 Å². The van der Waals surface area contributed by atoms with E-state index < -0.39 is 21.2 Å². The Kier molecular flexibility index (Phi) is 9.23. The second-order valence-corrected chi connectivity index (χ2v) is 15.7. The van der Waals surface area contributed by atoms with E-state index in [2.05, 4.69) is 15.2 Å². The number of nitrogens with one attached hydrogen (secondary N) is 1. The molecular weight excluding hydrogens is 640 g/mol. The monoisotopic (exact) mass is 680 g/mol. The number of nitrogens with zero attached hydrogens (tertiary/aromatic N) is 5. The molecule has 1 amide bonds. The number of hydrogen-bond acceptors (Lipinski definition) is 9. The van der Waals surface area contributed by atoms with E-state index in [0.29, 0.717) is 78.7 Å². The fraction of sp³-hybridized carbons (Fsp3) is 0.441. The van der Waals surface area contributed by atoms with Gasteiger partial charge in [0.25, 0.3) is 10.0 Å². The van der Waals surface area contributed by atoms with Gasteiger partial charge in [-0.1, -0.05) is 48.0 Å². The number of ether oxygens (including phenoxy) is 1. The molecule has 1 saturated heterocycles. The topological polar surface area (TPSA) is 130 Å². The molecule has 1 unspecified atom stereocenters. The summed E-state index contributed by atoms with van der Waals surface area (Å²) in [6, 6.07) is 15.5. The van der Waals surface area contributed by atoms with Gasteiger partial charge < -0.3 is 20.1 Å². The van der Waals surface area contributed by atoms with Crippen LogP contribution in [0, 0.1) is 0 Å². The van der Waals surface area contributed by atoms with Crippen molar-refractivity contribution in [2.75, 3.05) is 38.0 Å². The molecule has 0 radical (unpaired) electrons. The molecule has 47 heavy (non-hydrogen) atoms. The lowest BCUT2D eigenvalue weighted by atomic mass is 9.81. The molecular formula is C34H41ClN6O5S. The van der Waals surface area contributed by atoms with Crippen molar-refractivity contribution in [1.29, 1.82) is 0 Å². The molecule has 2 aliphatic rings. The number of rotatable bonds is 7. The van der Waals surface area contributed by atoms with Crippen LogP contribution in [0.2, 0.25) is 5.02 Å². The van der Waals surface area contributed by atoms with Crippen LogP contribution in [0.4, 0.5) is 10.7 Å². The second kappa shape index (κ2) is 13.1. The van der Waals surface area contributed by atoms with Crippen LogP contribution in [0.15, 0.2) is 71.9 Å². The number of benzene rings is 2. The average Bonchev–Trinajstić information content (AvgIpc) is 3.42. The lowest BCUT2D eigenvalue weighted by Crippen LogP contribution is -2.55. The van der Waals surface area contributed by atoms with E-state index >= 15 is 0 Å². The molecule has 4 aromatic rings. The number of carbonyl (C=O) groups is 1. The second-order valence-electron chi connectivity index (χ2n) is 13.5. The van der Waals surface area contributed by atoms with Crippen LogP contribution in [-0.2, 0) is 14.8 Å². The molecule has 11 nitrogen and oxygen atoms in total. The predicted molar refractivity (Wildman–Crippen MR) is 182 cm³/mol. The minimum Gasteiger partial charge on any atom is -0.444 e. The Morgan fingerprint density at radius 2 is 1.79 bits per heavy atom. The van der Waals surface area contributed by atoms with E-state index in [4.69, 9.17) is 21.3 Å². The maximum Gasteiger partial charge on any atom is 0.410 e. The van der Waals surface area contributed by atoms with E-state index in [1.807, 2.05) is 32.9 Å². The molecule has 13 heteroatoms. The van der Waals surface area contributed by atoms with Crippen LogP contribution < -0.4 is 5.32 Å². The van der Waals surface area contributed by atoms with E-state index in [-0.39, 0.29) is 17.0 Å². The van der Waals surface area contributed by atoms with E-state index in [9.17, 15) is 18.3 Å². The minimum absolute atomic E-state index is 0.0781. The van der Waals surface area contributed by atoms with Gasteiger partial charge in [0.1, 0.15) is 5.60 Å². The molecule has 250 valence electrons. The zero-order valence-electron chi connectivity index (χ0n) is 26.9. The van der Waals surface area contributed by atoms with Crippen molar-refractivity contribution in [3.8, 4) is 11.3 Å². The van der Waals surface area contributed by atoms with Crippen LogP contribution in [0.3, 0.4) is 0 Å². The van der Waals surface area contributed by atoms with E-state index in [0.717, 1.165) is 12.8 Å². The Labute approximate surface area is 280 Å². The number of β-amino-alcohol motifs (C(OH)–C–C–N with tert-alkyl or cyclic N) is 1. The smallest absolute Gasteiger partial charge is 0.410 e. The molecule has 1 aliphatic heterocycles. The Morgan fingerprint density at radius 1 is 1.09 bits per heavy atom. The highest BCUT2D eigenvalue weighted by molar-refractivity contribution is 7.90. The maximum atomic E-state index is 13.6. The van der Waals surface area contributed by atoms with Crippen LogP contribution in [-0.4, -0.2) is 93.3 Å². The first kappa shape index (κ1) is 33.2. The predicted octanol–water partition coefficient (Wildman–Crippen LogP) is 5.63. The Hall–Kier alpha value is -3.71. The number of halogens is 1. The third-order valence-electron chi connectivity index (χ3n) is 8.67. The van der Waals surface area contributed by atoms with E-state index in [1.54, 1.807) is 53.6 Å². The number of para-hydroxylation sites is 1. The number of amides is 1. The minimum atomic E-state index is -3.88. The summed E-state index contributed by atoms with van der Waals surface area (Å²) in [6.45, 7) is 8.52. The molecule has 2 N–H and O–H groups in total. The van der Waals surface area contributed by atoms with E-state index in [1.165, 1.54) is 10.2 Å². The third-order valence-corrected chi connectivity index (χ3v) is 10.6. The Morgan fingerprint density at radius 3 is 2.51 bits per heavy atom. The van der Waals surface area contributed by atoms with Gasteiger partial charge in [0, 0.05) is 55.9 Å². The summed E-state index contributed by atoms with van der Waals surface area (Å²) < 4.78 is 34.1. The quantitative estimate of drug-likeness (QED) is 0.255. The van der Waals surface area contributed by atoms with Crippen molar-refractivity contribution >= 4 is 44.6 Å². The number of aliphatic hydroxyl groups is 1. The lowest BCUT2D eigenvalue weighted by Gasteiger charge is -2.43. The number of hydrogen-bond donors (Lipinski definition) is 2. The standard InChI is InChI=1S/C34H41ClN6O5S/c1-33(2,3)46-32(42)40-18-16-39(17-19-40)23-34(43)15-9-10-24(20-34)37-31-36-21-28(35)30(38-31)27-22-41(29-14-8-7-13-26(27)29)47(44,45)25-11-5-4-6-12-25/h4-8,11-14,21-22,24,43H,9-10,15-20,23H2,1-3H3,(H,36,37,38)/t24-,34?/m1/s1. The average molecular weight is 681 g/mol. The summed E-state index contributed by atoms with van der Waals surface area (Å²) >= 11 is 6.64. The van der Waals surface area contributed by atoms with Gasteiger partial charge in [-0.15, -0.1) is 0 Å². The van der Waals surface area contributed by atoms with Gasteiger partial charge in [-0.2, -0.15) is 0 Å². The number of aromatic nitrogens is 3. The number of fused-ring (bicyclic) bond motifs is 1. The van der Waals surface area contributed by atoms with Gasteiger partial charge in [0.05, 0.1) is 32.9 Å². The number of carbonyl (C=O) groups excluding carboxylic acids is 1. The van der Waals surface area contributed by atoms with Crippen LogP contribution in [0.5, 0.6) is 0 Å². The highest BCUT2D eigenvalue weighted by Crippen LogP contribution is 2.37. The summed E-state index contributed by atoms with van der Waals surface area (Å²) in [6.07, 6.45) is 5.63. The van der Waals surface area contributed by atoms with Crippen LogP contribution >= 0.6 is 11.6 Å². The summed E-state index contributed by atoms with van der Waals surface area (Å²) in [5.74, 6) is 0.354. The summed E-state index contributed by atoms with van der Waals surface area (Å²) in [4.78, 5) is 25.8. The van der Waals surface area contributed by atoms with Crippen molar-refractivity contribution in [3.63, 3.8) is 0 Å².